The standard InChI is InChI=1S/C18H22ClFN4O2S2/c1-12-5-7-18(6-2-9-24(12)18)11-22-13-3-4-14(16(20)15(13)19)28(25,26)23-17-21-8-10-27-17/h3-4,8,10,12,22H,2,5-7,9,11H2,1H3,(H,21,23)/t12-,18-/m1/s1. The SMILES string of the molecule is C[C@@H]1CC[C@@]2(CNc3ccc(S(=O)(=O)Nc4nccs4)c(F)c3Cl)CCCN12. The van der Waals surface area contributed by atoms with E-state index >= 15 is 0 Å². The minimum atomic E-state index is -4.10. The zero-order valence-electron chi connectivity index (χ0n) is 15.4. The van der Waals surface area contributed by atoms with Gasteiger partial charge in [-0.2, -0.15) is 0 Å². The average Bonchev–Trinajstić information content (AvgIpc) is 3.35. The fraction of sp³-hybridized carbons (Fsp3) is 0.500. The fourth-order valence-electron chi connectivity index (χ4n) is 4.41. The lowest BCUT2D eigenvalue weighted by molar-refractivity contribution is 0.170. The summed E-state index contributed by atoms with van der Waals surface area (Å²) < 4.78 is 42.0. The minimum Gasteiger partial charge on any atom is -0.382 e. The molecular weight excluding hydrogens is 423 g/mol. The third-order valence-corrected chi connectivity index (χ3v) is 8.35. The highest BCUT2D eigenvalue weighted by atomic mass is 35.5. The van der Waals surface area contributed by atoms with Crippen LogP contribution in [0.25, 0.3) is 0 Å². The number of anilines is 2. The molecule has 2 aliphatic rings. The van der Waals surface area contributed by atoms with Crippen molar-refractivity contribution >= 4 is 43.8 Å². The van der Waals surface area contributed by atoms with E-state index in [0.29, 0.717) is 18.3 Å². The first kappa shape index (κ1) is 19.9. The van der Waals surface area contributed by atoms with Crippen LogP contribution >= 0.6 is 22.9 Å². The smallest absolute Gasteiger partial charge is 0.266 e. The van der Waals surface area contributed by atoms with Crippen LogP contribution in [0.3, 0.4) is 0 Å². The lowest BCUT2D eigenvalue weighted by Gasteiger charge is -2.34. The van der Waals surface area contributed by atoms with Crippen LogP contribution in [0.15, 0.2) is 28.6 Å². The number of nitrogens with zero attached hydrogens (tertiary/aromatic N) is 2. The van der Waals surface area contributed by atoms with Crippen molar-refractivity contribution in [3.05, 3.63) is 34.5 Å². The summed E-state index contributed by atoms with van der Waals surface area (Å²) in [6.45, 7) is 4.00. The van der Waals surface area contributed by atoms with Crippen LogP contribution in [-0.4, -0.2) is 43.0 Å². The van der Waals surface area contributed by atoms with Crippen LogP contribution in [0.4, 0.5) is 15.2 Å². The third kappa shape index (κ3) is 3.49. The second-order valence-electron chi connectivity index (χ2n) is 7.44. The van der Waals surface area contributed by atoms with Crippen LogP contribution in [0.5, 0.6) is 0 Å². The van der Waals surface area contributed by atoms with Gasteiger partial charge < -0.3 is 5.32 Å². The number of fused-ring (bicyclic) bond motifs is 1. The molecule has 0 saturated carbocycles. The molecule has 4 rings (SSSR count). The number of hydrogen-bond donors (Lipinski definition) is 2. The molecular formula is C18H22ClFN4O2S2. The highest BCUT2D eigenvalue weighted by Gasteiger charge is 2.47. The van der Waals surface area contributed by atoms with Gasteiger partial charge in [-0.3, -0.25) is 9.62 Å². The number of hydrogen-bond acceptors (Lipinski definition) is 6. The van der Waals surface area contributed by atoms with E-state index in [1.807, 2.05) is 0 Å². The highest BCUT2D eigenvalue weighted by Crippen LogP contribution is 2.42. The molecule has 1 aromatic carbocycles. The Labute approximate surface area is 173 Å². The number of sulfonamides is 1. The van der Waals surface area contributed by atoms with Crippen molar-refractivity contribution in [3.63, 3.8) is 0 Å². The van der Waals surface area contributed by atoms with E-state index in [4.69, 9.17) is 11.6 Å². The molecule has 28 heavy (non-hydrogen) atoms. The Morgan fingerprint density at radius 2 is 2.25 bits per heavy atom. The number of thiazole rings is 1. The molecule has 2 saturated heterocycles. The number of rotatable bonds is 6. The van der Waals surface area contributed by atoms with Crippen molar-refractivity contribution < 1.29 is 12.8 Å². The van der Waals surface area contributed by atoms with Gasteiger partial charge in [0.2, 0.25) is 0 Å². The summed E-state index contributed by atoms with van der Waals surface area (Å²) in [6, 6.07) is 3.32. The number of aromatic nitrogens is 1. The van der Waals surface area contributed by atoms with E-state index in [9.17, 15) is 12.8 Å². The predicted octanol–water partition coefficient (Wildman–Crippen LogP) is 4.17. The summed E-state index contributed by atoms with van der Waals surface area (Å²) in [7, 11) is -4.10. The Bertz CT molecular complexity index is 970. The van der Waals surface area contributed by atoms with Crippen molar-refractivity contribution in [2.45, 2.75) is 49.1 Å². The Balaban J connectivity index is 1.53. The van der Waals surface area contributed by atoms with Crippen molar-refractivity contribution in [2.24, 2.45) is 0 Å². The summed E-state index contributed by atoms with van der Waals surface area (Å²) in [4.78, 5) is 5.90. The first-order valence-corrected chi connectivity index (χ1v) is 12.0. The largest absolute Gasteiger partial charge is 0.382 e. The third-order valence-electron chi connectivity index (χ3n) is 5.81. The fourth-order valence-corrected chi connectivity index (χ4v) is 6.57. The van der Waals surface area contributed by atoms with Gasteiger partial charge in [0, 0.05) is 29.7 Å². The molecule has 6 nitrogen and oxygen atoms in total. The molecule has 2 atom stereocenters. The quantitative estimate of drug-likeness (QED) is 0.699. The van der Waals surface area contributed by atoms with E-state index in [0.717, 1.165) is 43.6 Å². The van der Waals surface area contributed by atoms with Gasteiger partial charge >= 0.3 is 0 Å². The summed E-state index contributed by atoms with van der Waals surface area (Å²) in [6.07, 6.45) is 5.99. The van der Waals surface area contributed by atoms with Crippen molar-refractivity contribution in [1.82, 2.24) is 9.88 Å². The zero-order chi connectivity index (χ0) is 19.9. The van der Waals surface area contributed by atoms with E-state index < -0.39 is 20.7 Å². The maximum absolute atomic E-state index is 14.8. The molecule has 0 amide bonds. The Hall–Kier alpha value is -1.42. The summed E-state index contributed by atoms with van der Waals surface area (Å²) in [5.74, 6) is -0.962. The molecule has 3 heterocycles. The van der Waals surface area contributed by atoms with Crippen molar-refractivity contribution in [2.75, 3.05) is 23.1 Å². The Morgan fingerprint density at radius 1 is 1.43 bits per heavy atom. The highest BCUT2D eigenvalue weighted by molar-refractivity contribution is 7.93. The summed E-state index contributed by atoms with van der Waals surface area (Å²) in [5, 5.41) is 4.85. The van der Waals surface area contributed by atoms with Crippen LogP contribution in [-0.2, 0) is 10.0 Å². The number of benzene rings is 1. The molecule has 152 valence electrons. The van der Waals surface area contributed by atoms with Gasteiger partial charge in [0.15, 0.2) is 10.9 Å². The van der Waals surface area contributed by atoms with Gasteiger partial charge in [0.1, 0.15) is 9.92 Å². The van der Waals surface area contributed by atoms with E-state index in [1.54, 1.807) is 5.38 Å². The molecule has 0 bridgehead atoms. The first-order valence-electron chi connectivity index (χ1n) is 9.23. The molecule has 2 aliphatic heterocycles. The van der Waals surface area contributed by atoms with E-state index in [2.05, 4.69) is 26.8 Å². The summed E-state index contributed by atoms with van der Waals surface area (Å²) >= 11 is 7.30. The molecule has 10 heteroatoms. The number of halogens is 2. The van der Waals surface area contributed by atoms with Gasteiger partial charge in [-0.05, 0) is 51.3 Å². The Morgan fingerprint density at radius 3 is 3.00 bits per heavy atom. The van der Waals surface area contributed by atoms with Gasteiger partial charge in [-0.1, -0.05) is 11.6 Å². The predicted molar refractivity (Wildman–Crippen MR) is 110 cm³/mol. The minimum absolute atomic E-state index is 0.0797. The van der Waals surface area contributed by atoms with Crippen molar-refractivity contribution in [3.8, 4) is 0 Å². The van der Waals surface area contributed by atoms with Crippen LogP contribution in [0, 0.1) is 5.82 Å². The second-order valence-corrected chi connectivity index (χ2v) is 10.4. The van der Waals surface area contributed by atoms with E-state index in [1.165, 1.54) is 18.3 Å². The number of nitrogens with one attached hydrogen (secondary N) is 2. The van der Waals surface area contributed by atoms with Crippen LogP contribution < -0.4 is 10.0 Å². The topological polar surface area (TPSA) is 74.3 Å². The maximum Gasteiger partial charge on any atom is 0.266 e. The van der Waals surface area contributed by atoms with E-state index in [-0.39, 0.29) is 15.7 Å². The lowest BCUT2D eigenvalue weighted by atomic mass is 9.94. The van der Waals surface area contributed by atoms with Crippen LogP contribution in [0.1, 0.15) is 32.6 Å². The van der Waals surface area contributed by atoms with Crippen molar-refractivity contribution in [1.29, 1.82) is 0 Å². The van der Waals surface area contributed by atoms with Crippen LogP contribution in [0.2, 0.25) is 5.02 Å². The lowest BCUT2D eigenvalue weighted by Crippen LogP contribution is -2.46. The zero-order valence-corrected chi connectivity index (χ0v) is 17.8. The first-order chi connectivity index (χ1) is 13.3. The maximum atomic E-state index is 14.8. The monoisotopic (exact) mass is 444 g/mol. The molecule has 2 N–H and O–H groups in total. The van der Waals surface area contributed by atoms with Gasteiger partial charge in [0.05, 0.1) is 5.69 Å². The average molecular weight is 445 g/mol. The van der Waals surface area contributed by atoms with Gasteiger partial charge in [-0.25, -0.2) is 17.8 Å². The molecule has 0 aliphatic carbocycles. The summed E-state index contributed by atoms with van der Waals surface area (Å²) in [5.41, 5.74) is 0.490. The molecule has 2 aromatic rings. The molecule has 2 fully saturated rings. The molecule has 0 spiro atoms. The van der Waals surface area contributed by atoms with Gasteiger partial charge in [0.25, 0.3) is 10.0 Å². The molecule has 0 radical (unpaired) electrons. The van der Waals surface area contributed by atoms with Gasteiger partial charge in [-0.15, -0.1) is 11.3 Å². The second kappa shape index (κ2) is 7.44. The molecule has 1 aromatic heterocycles. The Kier molecular flexibility index (Phi) is 5.28. The normalized spacial score (nSPS) is 25.0. The molecule has 0 unspecified atom stereocenters.